The molecule has 0 saturated carbocycles. The van der Waals surface area contributed by atoms with Crippen LogP contribution in [0.1, 0.15) is 110 Å². The van der Waals surface area contributed by atoms with Gasteiger partial charge in [0, 0.05) is 49.9 Å². The normalized spacial score (nSPS) is 14.2. The Morgan fingerprint density at radius 2 is 1.63 bits per heavy atom. The van der Waals surface area contributed by atoms with Crippen molar-refractivity contribution in [2.45, 2.75) is 98.8 Å². The zero-order valence-corrected chi connectivity index (χ0v) is 29.4. The Labute approximate surface area is 271 Å². The van der Waals surface area contributed by atoms with Crippen LogP contribution in [0.15, 0.2) is 60.5 Å². The molecule has 1 aliphatic rings. The number of rotatable bonds is 9. The minimum absolute atomic E-state index is 0. The van der Waals surface area contributed by atoms with Gasteiger partial charge in [-0.15, -0.1) is 23.3 Å². The van der Waals surface area contributed by atoms with Gasteiger partial charge < -0.3 is 10.1 Å². The van der Waals surface area contributed by atoms with Crippen LogP contribution in [-0.2, 0) is 30.3 Å². The summed E-state index contributed by atoms with van der Waals surface area (Å²) in [5, 5.41) is 13.5. The number of ketones is 1. The van der Waals surface area contributed by atoms with Gasteiger partial charge in [-0.1, -0.05) is 90.4 Å². The molecular weight excluding hydrogens is 709 g/mol. The van der Waals surface area contributed by atoms with Crippen LogP contribution in [0.5, 0.6) is 0 Å². The molecule has 1 aliphatic carbocycles. The van der Waals surface area contributed by atoms with Crippen molar-refractivity contribution in [2.75, 3.05) is 0 Å². The molecule has 1 atom stereocenters. The van der Waals surface area contributed by atoms with Gasteiger partial charge in [0.25, 0.3) is 0 Å². The van der Waals surface area contributed by atoms with Crippen molar-refractivity contribution in [3.63, 3.8) is 0 Å². The van der Waals surface area contributed by atoms with E-state index in [9.17, 15) is 9.90 Å². The van der Waals surface area contributed by atoms with Gasteiger partial charge in [-0.05, 0) is 72.2 Å². The van der Waals surface area contributed by atoms with E-state index in [0.29, 0.717) is 5.92 Å². The summed E-state index contributed by atoms with van der Waals surface area (Å²) in [6, 6.07) is 18.6. The third-order valence-electron chi connectivity index (χ3n) is 9.33. The number of allylic oxidation sites excluding steroid dienone is 2. The van der Waals surface area contributed by atoms with E-state index in [0.717, 1.165) is 48.9 Å². The summed E-state index contributed by atoms with van der Waals surface area (Å²) in [5.41, 5.74) is 6.90. The number of pyridine rings is 2. The predicted octanol–water partition coefficient (Wildman–Crippen LogP) is 10.3. The van der Waals surface area contributed by atoms with Crippen LogP contribution in [-0.4, -0.2) is 20.9 Å². The molecule has 4 aromatic rings. The monoisotopic (exact) mass is 756 g/mol. The number of aromatic nitrogens is 2. The molecule has 0 amide bonds. The molecule has 231 valence electrons. The van der Waals surface area contributed by atoms with Crippen molar-refractivity contribution in [3.8, 4) is 11.3 Å². The van der Waals surface area contributed by atoms with Gasteiger partial charge in [-0.25, -0.2) is 0 Å². The zero-order chi connectivity index (χ0) is 30.6. The van der Waals surface area contributed by atoms with E-state index in [-0.39, 0.29) is 48.9 Å². The molecule has 2 aromatic heterocycles. The summed E-state index contributed by atoms with van der Waals surface area (Å²) in [6.07, 6.45) is 7.88. The van der Waals surface area contributed by atoms with Crippen molar-refractivity contribution >= 4 is 27.5 Å². The molecule has 4 nitrogen and oxygen atoms in total. The van der Waals surface area contributed by atoms with Gasteiger partial charge in [-0.2, -0.15) is 0 Å². The fraction of sp³-hybridized carbons (Fsp3) is 0.447. The van der Waals surface area contributed by atoms with E-state index in [1.807, 2.05) is 33.9 Å². The van der Waals surface area contributed by atoms with Crippen LogP contribution in [0.3, 0.4) is 0 Å². The first kappa shape index (κ1) is 34.6. The molecule has 0 saturated heterocycles. The largest absolute Gasteiger partial charge is 0.512 e. The van der Waals surface area contributed by atoms with E-state index in [4.69, 9.17) is 9.97 Å². The maximum atomic E-state index is 11.7. The van der Waals surface area contributed by atoms with Crippen LogP contribution < -0.4 is 0 Å². The number of nitrogens with zero attached hydrogens (tertiary/aromatic N) is 2. The zero-order valence-electron chi connectivity index (χ0n) is 27.0. The Morgan fingerprint density at radius 3 is 2.26 bits per heavy atom. The van der Waals surface area contributed by atoms with E-state index in [1.54, 1.807) is 0 Å². The van der Waals surface area contributed by atoms with Gasteiger partial charge in [0.05, 0.1) is 11.3 Å². The first-order valence-electron chi connectivity index (χ1n) is 15.8. The number of hydrogen-bond donors (Lipinski definition) is 1. The average molecular weight is 756 g/mol. The molecule has 5 rings (SSSR count). The number of hydrogen-bond acceptors (Lipinski definition) is 4. The van der Waals surface area contributed by atoms with Crippen LogP contribution in [0, 0.1) is 17.9 Å². The van der Waals surface area contributed by atoms with Crippen LogP contribution in [0.4, 0.5) is 0 Å². The van der Waals surface area contributed by atoms with Crippen LogP contribution in [0.2, 0.25) is 0 Å². The topological polar surface area (TPSA) is 63.1 Å². The number of aliphatic hydroxyl groups is 1. The van der Waals surface area contributed by atoms with Gasteiger partial charge in [0.15, 0.2) is 5.78 Å². The van der Waals surface area contributed by atoms with Crippen molar-refractivity contribution in [3.05, 3.63) is 83.4 Å². The van der Waals surface area contributed by atoms with Crippen molar-refractivity contribution < 1.29 is 30.0 Å². The number of fused-ring (bicyclic) bond motifs is 4. The Bertz CT molecular complexity index is 1600. The summed E-state index contributed by atoms with van der Waals surface area (Å²) in [5.74, 6) is 0.990. The Balaban J connectivity index is 0.000000274. The summed E-state index contributed by atoms with van der Waals surface area (Å²) in [4.78, 5) is 21.5. The third-order valence-corrected chi connectivity index (χ3v) is 9.33. The first-order valence-corrected chi connectivity index (χ1v) is 15.8. The summed E-state index contributed by atoms with van der Waals surface area (Å²) in [7, 11) is 0. The van der Waals surface area contributed by atoms with Gasteiger partial charge >= 0.3 is 0 Å². The average Bonchev–Trinajstić information content (AvgIpc) is 3.00. The second kappa shape index (κ2) is 14.7. The molecule has 1 unspecified atom stereocenters. The second-order valence-corrected chi connectivity index (χ2v) is 12.2. The van der Waals surface area contributed by atoms with Crippen molar-refractivity contribution in [2.24, 2.45) is 11.8 Å². The minimum Gasteiger partial charge on any atom is -0.512 e. The Hall–Kier alpha value is -2.88. The number of benzene rings is 2. The van der Waals surface area contributed by atoms with Crippen molar-refractivity contribution in [1.82, 2.24) is 9.97 Å². The number of carbonyl (C=O) groups is 1. The summed E-state index contributed by atoms with van der Waals surface area (Å²) >= 11 is 0. The fourth-order valence-corrected chi connectivity index (χ4v) is 6.30. The maximum Gasteiger partial charge on any atom is 0.162 e. The molecule has 1 N–H and O–H groups in total. The Kier molecular flexibility index (Phi) is 11.9. The van der Waals surface area contributed by atoms with E-state index in [2.05, 4.69) is 76.2 Å². The molecule has 43 heavy (non-hydrogen) atoms. The molecule has 2 heterocycles. The maximum absolute atomic E-state index is 11.7. The van der Waals surface area contributed by atoms with Crippen LogP contribution in [0.25, 0.3) is 32.9 Å². The van der Waals surface area contributed by atoms with E-state index < -0.39 is 0 Å². The van der Waals surface area contributed by atoms with E-state index >= 15 is 0 Å². The molecule has 0 spiro atoms. The molecule has 0 aliphatic heterocycles. The van der Waals surface area contributed by atoms with Gasteiger partial charge in [0.1, 0.15) is 0 Å². The fourth-order valence-electron chi connectivity index (χ4n) is 6.30. The Morgan fingerprint density at radius 1 is 0.977 bits per heavy atom. The summed E-state index contributed by atoms with van der Waals surface area (Å²) in [6.45, 7) is 17.2. The molecular formula is C38H47IrN2O2-. The molecule has 0 fully saturated rings. The third kappa shape index (κ3) is 6.79. The smallest absolute Gasteiger partial charge is 0.162 e. The molecule has 5 heteroatoms. The van der Waals surface area contributed by atoms with Gasteiger partial charge in [0.2, 0.25) is 0 Å². The molecule has 0 bridgehead atoms. The van der Waals surface area contributed by atoms with E-state index in [1.165, 1.54) is 39.1 Å². The van der Waals surface area contributed by atoms with Crippen molar-refractivity contribution in [1.29, 1.82) is 0 Å². The molecule has 2 aromatic carbocycles. The predicted molar refractivity (Wildman–Crippen MR) is 176 cm³/mol. The first-order chi connectivity index (χ1) is 20.1. The minimum atomic E-state index is -0.133. The number of aliphatic hydroxyl groups excluding tert-OH is 1. The molecule has 1 radical (unpaired) electrons. The quantitative estimate of drug-likeness (QED) is 0.105. The van der Waals surface area contributed by atoms with Crippen LogP contribution >= 0.6 is 0 Å². The summed E-state index contributed by atoms with van der Waals surface area (Å²) < 4.78 is 0. The number of carbonyl (C=O) groups excluding carboxylic acids is 1. The SMILES string of the molecule is CCC(C)c1cc2c3c(nccc3n1)-c1[c-]cc3ccccc3c1C2(C)C.CCC(CC)C(=O)/C=C(\O)C(CC)CC.[Ir]. The standard InChI is InChI=1S/C25H23N2.C13H24O2.Ir/c1-5-15(2)21-14-19-22-20(27-21)12-13-26-24(22)18-11-10-16-8-6-7-9-17(16)23(18)25(19,3)4;1-5-10(6-2)12(14)9-13(15)11(7-3)8-4;/h6-10,12-15H,5H2,1-4H3;9-11,14H,5-8H2,1-4H3;/q-1;;/b;12-9-;. The van der Waals surface area contributed by atoms with Gasteiger partial charge in [-0.3, -0.25) is 9.78 Å². The second-order valence-electron chi connectivity index (χ2n) is 12.2.